The summed E-state index contributed by atoms with van der Waals surface area (Å²) in [5.74, 6) is -4.54. The lowest BCUT2D eigenvalue weighted by atomic mass is 9.96. The van der Waals surface area contributed by atoms with Crippen molar-refractivity contribution in [1.82, 2.24) is 0 Å². The number of benzene rings is 2. The molecular formula is C19H16F4O. The quantitative estimate of drug-likeness (QED) is 0.510. The van der Waals surface area contributed by atoms with E-state index in [2.05, 4.69) is 0 Å². The van der Waals surface area contributed by atoms with E-state index in [9.17, 15) is 17.6 Å². The van der Waals surface area contributed by atoms with Crippen molar-refractivity contribution in [2.45, 2.75) is 26.4 Å². The van der Waals surface area contributed by atoms with Crippen LogP contribution in [0.3, 0.4) is 0 Å². The van der Waals surface area contributed by atoms with Gasteiger partial charge in [0.25, 0.3) is 0 Å². The van der Waals surface area contributed by atoms with Crippen LogP contribution in [-0.2, 0) is 4.74 Å². The highest BCUT2D eigenvalue weighted by Gasteiger charge is 2.24. The Morgan fingerprint density at radius 2 is 1.46 bits per heavy atom. The highest BCUT2D eigenvalue weighted by molar-refractivity contribution is 5.66. The highest BCUT2D eigenvalue weighted by atomic mass is 19.2. The van der Waals surface area contributed by atoms with E-state index in [1.807, 2.05) is 13.0 Å². The van der Waals surface area contributed by atoms with Gasteiger partial charge in [-0.1, -0.05) is 35.9 Å². The van der Waals surface area contributed by atoms with Gasteiger partial charge in [0, 0.05) is 16.7 Å². The molecule has 2 aromatic carbocycles. The van der Waals surface area contributed by atoms with Gasteiger partial charge in [-0.3, -0.25) is 0 Å². The number of aryl methyl sites for hydroxylation is 1. The maximum atomic E-state index is 14.5. The Labute approximate surface area is 137 Å². The summed E-state index contributed by atoms with van der Waals surface area (Å²) in [6.07, 6.45) is 1.76. The van der Waals surface area contributed by atoms with Crippen molar-refractivity contribution in [2.24, 2.45) is 0 Å². The summed E-state index contributed by atoms with van der Waals surface area (Å²) in [6.45, 7) is 3.65. The lowest BCUT2D eigenvalue weighted by molar-refractivity contribution is 0.0586. The van der Waals surface area contributed by atoms with Gasteiger partial charge in [-0.05, 0) is 25.8 Å². The van der Waals surface area contributed by atoms with Gasteiger partial charge in [-0.2, -0.15) is 0 Å². The standard InChI is InChI=1S/C19H16F4O/c1-10-3-8-15(24-9-10)14-7-6-13(18(22)19(14)23)12-5-4-11(2)16(20)17(12)21/h3-7,15H,8-9H2,1-2H3. The average molecular weight is 336 g/mol. The van der Waals surface area contributed by atoms with Crippen molar-refractivity contribution < 1.29 is 22.3 Å². The van der Waals surface area contributed by atoms with Crippen LogP contribution in [0.25, 0.3) is 11.1 Å². The van der Waals surface area contributed by atoms with Crippen molar-refractivity contribution in [3.8, 4) is 11.1 Å². The fraction of sp³-hybridized carbons (Fsp3) is 0.263. The molecule has 1 aliphatic heterocycles. The lowest BCUT2D eigenvalue weighted by Crippen LogP contribution is -2.13. The van der Waals surface area contributed by atoms with E-state index in [4.69, 9.17) is 4.74 Å². The Morgan fingerprint density at radius 3 is 2.08 bits per heavy atom. The zero-order chi connectivity index (χ0) is 17.4. The number of hydrogen-bond acceptors (Lipinski definition) is 1. The molecule has 0 radical (unpaired) electrons. The van der Waals surface area contributed by atoms with Gasteiger partial charge >= 0.3 is 0 Å². The van der Waals surface area contributed by atoms with E-state index >= 15 is 0 Å². The first kappa shape index (κ1) is 16.7. The molecule has 0 aromatic heterocycles. The summed E-state index contributed by atoms with van der Waals surface area (Å²) >= 11 is 0. The van der Waals surface area contributed by atoms with E-state index in [0.29, 0.717) is 13.0 Å². The Morgan fingerprint density at radius 1 is 0.833 bits per heavy atom. The smallest absolute Gasteiger partial charge is 0.167 e. The topological polar surface area (TPSA) is 9.23 Å². The first-order valence-electron chi connectivity index (χ1n) is 7.60. The van der Waals surface area contributed by atoms with Gasteiger partial charge in [0.15, 0.2) is 23.3 Å². The van der Waals surface area contributed by atoms with E-state index in [1.54, 1.807) is 0 Å². The monoisotopic (exact) mass is 336 g/mol. The van der Waals surface area contributed by atoms with Crippen molar-refractivity contribution in [3.63, 3.8) is 0 Å². The number of rotatable bonds is 2. The summed E-state index contributed by atoms with van der Waals surface area (Å²) in [5.41, 5.74) is 0.594. The molecule has 1 unspecified atom stereocenters. The third-order valence-electron chi connectivity index (χ3n) is 4.22. The Kier molecular flexibility index (Phi) is 4.45. The second-order valence-corrected chi connectivity index (χ2v) is 5.97. The lowest BCUT2D eigenvalue weighted by Gasteiger charge is -2.23. The van der Waals surface area contributed by atoms with Crippen molar-refractivity contribution in [3.05, 3.63) is 70.3 Å². The van der Waals surface area contributed by atoms with Crippen LogP contribution < -0.4 is 0 Å². The molecule has 0 bridgehead atoms. The van der Waals surface area contributed by atoms with Gasteiger partial charge in [-0.25, -0.2) is 17.6 Å². The fourth-order valence-corrected chi connectivity index (χ4v) is 2.76. The van der Waals surface area contributed by atoms with Crippen LogP contribution >= 0.6 is 0 Å². The SMILES string of the molecule is CC1=CCC(c2ccc(-c3ccc(C)c(F)c3F)c(F)c2F)OC1. The molecule has 1 nitrogen and oxygen atoms in total. The maximum absolute atomic E-state index is 14.5. The average Bonchev–Trinajstić information content (AvgIpc) is 2.57. The van der Waals surface area contributed by atoms with Crippen LogP contribution in [0.5, 0.6) is 0 Å². The minimum Gasteiger partial charge on any atom is -0.369 e. The molecule has 3 rings (SSSR count). The van der Waals surface area contributed by atoms with Crippen molar-refractivity contribution in [1.29, 1.82) is 0 Å². The van der Waals surface area contributed by atoms with E-state index < -0.39 is 29.4 Å². The largest absolute Gasteiger partial charge is 0.369 e. The minimum absolute atomic E-state index is 0.0768. The third kappa shape index (κ3) is 2.84. The van der Waals surface area contributed by atoms with Crippen LogP contribution in [-0.4, -0.2) is 6.61 Å². The summed E-state index contributed by atoms with van der Waals surface area (Å²) in [7, 11) is 0. The van der Waals surface area contributed by atoms with E-state index in [-0.39, 0.29) is 22.3 Å². The second kappa shape index (κ2) is 6.40. The molecule has 1 aliphatic rings. The normalized spacial score (nSPS) is 17.8. The molecule has 0 N–H and O–H groups in total. The molecule has 24 heavy (non-hydrogen) atoms. The number of halogens is 4. The molecule has 126 valence electrons. The van der Waals surface area contributed by atoms with E-state index in [0.717, 1.165) is 5.57 Å². The van der Waals surface area contributed by atoms with Gasteiger partial charge in [0.05, 0.1) is 12.7 Å². The second-order valence-electron chi connectivity index (χ2n) is 5.97. The summed E-state index contributed by atoms with van der Waals surface area (Å²) in [5, 5.41) is 0. The number of ether oxygens (including phenoxy) is 1. The fourth-order valence-electron chi connectivity index (χ4n) is 2.76. The third-order valence-corrected chi connectivity index (χ3v) is 4.22. The van der Waals surface area contributed by atoms with Gasteiger partial charge in [0.2, 0.25) is 0 Å². The molecule has 1 heterocycles. The summed E-state index contributed by atoms with van der Waals surface area (Å²) in [6, 6.07) is 5.20. The Balaban J connectivity index is 2.04. The Hall–Kier alpha value is -2.14. The van der Waals surface area contributed by atoms with Gasteiger partial charge < -0.3 is 4.74 Å². The molecule has 2 aromatic rings. The molecule has 0 spiro atoms. The maximum Gasteiger partial charge on any atom is 0.167 e. The Bertz CT molecular complexity index is 827. The van der Waals surface area contributed by atoms with Crippen molar-refractivity contribution >= 4 is 0 Å². The van der Waals surface area contributed by atoms with Crippen LogP contribution in [0.1, 0.15) is 30.6 Å². The molecule has 1 atom stereocenters. The number of hydrogen-bond donors (Lipinski definition) is 0. The molecule has 0 fully saturated rings. The minimum atomic E-state index is -1.20. The molecule has 0 aliphatic carbocycles. The zero-order valence-corrected chi connectivity index (χ0v) is 13.3. The van der Waals surface area contributed by atoms with E-state index in [1.165, 1.54) is 31.2 Å². The van der Waals surface area contributed by atoms with Crippen LogP contribution in [0.4, 0.5) is 17.6 Å². The summed E-state index contributed by atoms with van der Waals surface area (Å²) < 4.78 is 62.2. The van der Waals surface area contributed by atoms with Gasteiger partial charge in [0.1, 0.15) is 0 Å². The molecule has 5 heteroatoms. The molecular weight excluding hydrogens is 320 g/mol. The van der Waals surface area contributed by atoms with Crippen LogP contribution in [0.15, 0.2) is 35.9 Å². The van der Waals surface area contributed by atoms with Crippen LogP contribution in [0.2, 0.25) is 0 Å². The zero-order valence-electron chi connectivity index (χ0n) is 13.3. The predicted octanol–water partition coefficient (Wildman–Crippen LogP) is 5.63. The first-order chi connectivity index (χ1) is 11.4. The highest BCUT2D eigenvalue weighted by Crippen LogP contribution is 2.35. The summed E-state index contributed by atoms with van der Waals surface area (Å²) in [4.78, 5) is 0. The van der Waals surface area contributed by atoms with Crippen LogP contribution in [0, 0.1) is 30.2 Å². The molecule has 0 saturated carbocycles. The molecule has 0 saturated heterocycles. The van der Waals surface area contributed by atoms with Gasteiger partial charge in [-0.15, -0.1) is 0 Å². The molecule has 0 amide bonds. The van der Waals surface area contributed by atoms with Crippen molar-refractivity contribution in [2.75, 3.05) is 6.61 Å². The first-order valence-corrected chi connectivity index (χ1v) is 7.60. The predicted molar refractivity (Wildman–Crippen MR) is 83.5 cm³/mol.